The van der Waals surface area contributed by atoms with E-state index in [4.69, 9.17) is 10.5 Å². The maximum atomic E-state index is 12.9. The van der Waals surface area contributed by atoms with Crippen molar-refractivity contribution in [3.63, 3.8) is 0 Å². The number of hydrogen-bond donors (Lipinski definition) is 4. The molecule has 2 heterocycles. The van der Waals surface area contributed by atoms with Crippen LogP contribution in [-0.4, -0.2) is 53.9 Å². The molecule has 4 rings (SSSR count). The first-order valence-electron chi connectivity index (χ1n) is 9.67. The molecule has 2 amide bonds. The maximum absolute atomic E-state index is 12.9. The Labute approximate surface area is 180 Å². The van der Waals surface area contributed by atoms with Crippen LogP contribution in [0, 0.1) is 0 Å². The summed E-state index contributed by atoms with van der Waals surface area (Å²) in [6.07, 6.45) is -1.68. The van der Waals surface area contributed by atoms with Gasteiger partial charge in [-0.3, -0.25) is 9.59 Å². The monoisotopic (exact) mass is 446 g/mol. The summed E-state index contributed by atoms with van der Waals surface area (Å²) in [5, 5.41) is 14.6. The highest BCUT2D eigenvalue weighted by atomic mass is 19.3. The number of aliphatic hydroxyl groups excluding tert-OH is 1. The number of hydrogen-bond acceptors (Lipinski definition) is 6. The van der Waals surface area contributed by atoms with Gasteiger partial charge in [-0.15, -0.1) is 0 Å². The number of fused-ring (bicyclic) bond motifs is 1. The lowest BCUT2D eigenvalue weighted by Crippen LogP contribution is -2.55. The highest BCUT2D eigenvalue weighted by Gasteiger charge is 2.40. The third-order valence-electron chi connectivity index (χ3n) is 5.04. The smallest absolute Gasteiger partial charge is 0.387 e. The van der Waals surface area contributed by atoms with Gasteiger partial charge in [-0.05, 0) is 30.3 Å². The quantitative estimate of drug-likeness (QED) is 0.459. The molecule has 0 radical (unpaired) electrons. The number of aliphatic hydroxyl groups is 1. The van der Waals surface area contributed by atoms with Crippen LogP contribution in [0.15, 0.2) is 48.7 Å². The SMILES string of the molecule is Nc1[nH]cc2cc(NC(=O)[C@H](O)[C@H]3OCCN(c4ccccc4OC(F)F)C3=O)ccc12. The van der Waals surface area contributed by atoms with Gasteiger partial charge in [0.1, 0.15) is 11.6 Å². The molecule has 32 heavy (non-hydrogen) atoms. The normalized spacial score (nSPS) is 17.6. The van der Waals surface area contributed by atoms with Gasteiger partial charge in [0, 0.05) is 29.2 Å². The topological polar surface area (TPSA) is 130 Å². The van der Waals surface area contributed by atoms with Crippen molar-refractivity contribution in [2.45, 2.75) is 18.8 Å². The predicted molar refractivity (Wildman–Crippen MR) is 113 cm³/mol. The standard InChI is InChI=1S/C21H20F2N4O5/c22-21(23)32-15-4-2-1-3-14(15)27-7-8-31-17(20(27)30)16(28)19(29)26-12-5-6-13-11(9-12)10-25-18(13)24/h1-6,9-10,16-17,21,25,28H,7-8,24H2,(H,26,29)/t16-,17-/m1/s1. The van der Waals surface area contributed by atoms with E-state index in [-0.39, 0.29) is 24.6 Å². The average Bonchev–Trinajstić information content (AvgIpc) is 3.13. The lowest BCUT2D eigenvalue weighted by molar-refractivity contribution is -0.150. The summed E-state index contributed by atoms with van der Waals surface area (Å²) in [6.45, 7) is -3.05. The number of rotatable bonds is 6. The number of carbonyl (C=O) groups excluding carboxylic acids is 2. The minimum Gasteiger partial charge on any atom is -0.433 e. The van der Waals surface area contributed by atoms with Crippen LogP contribution in [0.25, 0.3) is 10.8 Å². The van der Waals surface area contributed by atoms with Crippen LogP contribution in [0.3, 0.4) is 0 Å². The Balaban J connectivity index is 1.50. The third-order valence-corrected chi connectivity index (χ3v) is 5.04. The number of aromatic nitrogens is 1. The molecule has 0 saturated carbocycles. The van der Waals surface area contributed by atoms with E-state index in [9.17, 15) is 23.5 Å². The Morgan fingerprint density at radius 2 is 2.09 bits per heavy atom. The number of nitrogens with one attached hydrogen (secondary N) is 2. The zero-order chi connectivity index (χ0) is 22.8. The van der Waals surface area contributed by atoms with Crippen molar-refractivity contribution < 1.29 is 33.0 Å². The molecule has 2 aromatic carbocycles. The molecule has 11 heteroatoms. The highest BCUT2D eigenvalue weighted by molar-refractivity contribution is 6.05. The van der Waals surface area contributed by atoms with Crippen molar-refractivity contribution in [1.82, 2.24) is 4.98 Å². The summed E-state index contributed by atoms with van der Waals surface area (Å²) in [7, 11) is 0. The van der Waals surface area contributed by atoms with Crippen LogP contribution >= 0.6 is 0 Å². The summed E-state index contributed by atoms with van der Waals surface area (Å²) in [5.41, 5.74) is 6.27. The van der Waals surface area contributed by atoms with Gasteiger partial charge in [0.05, 0.1) is 12.3 Å². The minimum absolute atomic E-state index is 0.0155. The van der Waals surface area contributed by atoms with E-state index in [2.05, 4.69) is 15.0 Å². The molecule has 9 nitrogen and oxygen atoms in total. The molecule has 168 valence electrons. The summed E-state index contributed by atoms with van der Waals surface area (Å²) in [6, 6.07) is 10.7. The zero-order valence-electron chi connectivity index (χ0n) is 16.6. The fourth-order valence-corrected chi connectivity index (χ4v) is 3.54. The van der Waals surface area contributed by atoms with E-state index in [1.165, 1.54) is 18.2 Å². The molecule has 1 saturated heterocycles. The fourth-order valence-electron chi connectivity index (χ4n) is 3.54. The van der Waals surface area contributed by atoms with E-state index in [1.54, 1.807) is 30.5 Å². The Morgan fingerprint density at radius 3 is 2.88 bits per heavy atom. The number of ether oxygens (including phenoxy) is 2. The zero-order valence-corrected chi connectivity index (χ0v) is 16.6. The molecule has 0 aliphatic carbocycles. The molecule has 0 unspecified atom stereocenters. The number of para-hydroxylation sites is 2. The van der Waals surface area contributed by atoms with Gasteiger partial charge in [0.25, 0.3) is 11.8 Å². The van der Waals surface area contributed by atoms with Gasteiger partial charge in [-0.25, -0.2) is 0 Å². The van der Waals surface area contributed by atoms with E-state index >= 15 is 0 Å². The second-order valence-electron chi connectivity index (χ2n) is 7.07. The molecule has 1 fully saturated rings. The number of halogens is 2. The van der Waals surface area contributed by atoms with E-state index < -0.39 is 30.6 Å². The van der Waals surface area contributed by atoms with Crippen molar-refractivity contribution in [2.75, 3.05) is 29.1 Å². The number of amides is 2. The maximum Gasteiger partial charge on any atom is 0.387 e. The summed E-state index contributed by atoms with van der Waals surface area (Å²) in [4.78, 5) is 29.5. The molecule has 0 spiro atoms. The van der Waals surface area contributed by atoms with E-state index in [0.29, 0.717) is 11.5 Å². The van der Waals surface area contributed by atoms with Gasteiger partial charge in [0.15, 0.2) is 12.2 Å². The molecule has 0 bridgehead atoms. The molecule has 1 aliphatic rings. The van der Waals surface area contributed by atoms with Gasteiger partial charge < -0.3 is 35.5 Å². The fraction of sp³-hybridized carbons (Fsp3) is 0.238. The molecule has 5 N–H and O–H groups in total. The Hall–Kier alpha value is -3.70. The number of morpholine rings is 1. The van der Waals surface area contributed by atoms with E-state index in [0.717, 1.165) is 15.7 Å². The molecular weight excluding hydrogens is 426 g/mol. The van der Waals surface area contributed by atoms with Crippen molar-refractivity contribution in [1.29, 1.82) is 0 Å². The van der Waals surface area contributed by atoms with Gasteiger partial charge in [-0.2, -0.15) is 8.78 Å². The largest absolute Gasteiger partial charge is 0.433 e. The average molecular weight is 446 g/mol. The van der Waals surface area contributed by atoms with Crippen molar-refractivity contribution in [2.24, 2.45) is 0 Å². The number of H-pyrrole nitrogens is 1. The number of alkyl halides is 2. The summed E-state index contributed by atoms with van der Waals surface area (Å²) >= 11 is 0. The number of nitrogens with two attached hydrogens (primary N) is 1. The highest BCUT2D eigenvalue weighted by Crippen LogP contribution is 2.32. The first-order valence-corrected chi connectivity index (χ1v) is 9.67. The van der Waals surface area contributed by atoms with Crippen molar-refractivity contribution in [3.8, 4) is 5.75 Å². The number of anilines is 3. The summed E-state index contributed by atoms with van der Waals surface area (Å²) in [5.74, 6) is -1.33. The Morgan fingerprint density at radius 1 is 1.31 bits per heavy atom. The predicted octanol–water partition coefficient (Wildman–Crippen LogP) is 2.08. The van der Waals surface area contributed by atoms with Crippen LogP contribution in [0.1, 0.15) is 0 Å². The van der Waals surface area contributed by atoms with Crippen molar-refractivity contribution >= 4 is 39.8 Å². The molecule has 1 aromatic heterocycles. The van der Waals surface area contributed by atoms with Crippen LogP contribution < -0.4 is 20.7 Å². The second-order valence-corrected chi connectivity index (χ2v) is 7.07. The Kier molecular flexibility index (Phi) is 5.93. The minimum atomic E-state index is -3.08. The first kappa shape index (κ1) is 21.5. The molecule has 3 aromatic rings. The second kappa shape index (κ2) is 8.81. The van der Waals surface area contributed by atoms with Gasteiger partial charge in [-0.1, -0.05) is 12.1 Å². The van der Waals surface area contributed by atoms with Crippen LogP contribution in [0.5, 0.6) is 5.75 Å². The van der Waals surface area contributed by atoms with Crippen LogP contribution in [0.4, 0.5) is 26.0 Å². The van der Waals surface area contributed by atoms with E-state index in [1.807, 2.05) is 0 Å². The number of benzene rings is 2. The van der Waals surface area contributed by atoms with Gasteiger partial charge >= 0.3 is 6.61 Å². The van der Waals surface area contributed by atoms with Crippen LogP contribution in [-0.2, 0) is 14.3 Å². The third kappa shape index (κ3) is 4.20. The summed E-state index contributed by atoms with van der Waals surface area (Å²) < 4.78 is 35.3. The number of aromatic amines is 1. The molecular formula is C21H20F2N4O5. The molecule has 1 aliphatic heterocycles. The van der Waals surface area contributed by atoms with Gasteiger partial charge in [0.2, 0.25) is 0 Å². The first-order chi connectivity index (χ1) is 15.3. The lowest BCUT2D eigenvalue weighted by atomic mass is 10.1. The molecule has 2 atom stereocenters. The lowest BCUT2D eigenvalue weighted by Gasteiger charge is -2.34. The Bertz CT molecular complexity index is 1150. The van der Waals surface area contributed by atoms with Crippen LogP contribution in [0.2, 0.25) is 0 Å². The number of carbonyl (C=O) groups is 2. The van der Waals surface area contributed by atoms with Crippen molar-refractivity contribution in [3.05, 3.63) is 48.7 Å². The number of nitrogen functional groups attached to an aromatic ring is 1. The number of nitrogens with zero attached hydrogens (tertiary/aromatic N) is 1.